The highest BCUT2D eigenvalue weighted by Gasteiger charge is 2.18. The van der Waals surface area contributed by atoms with Crippen LogP contribution in [-0.2, 0) is 14.3 Å². The highest BCUT2D eigenvalue weighted by molar-refractivity contribution is 5.66. The Morgan fingerprint density at radius 2 is 1.50 bits per heavy atom. The Hall–Kier alpha value is -0.570. The van der Waals surface area contributed by atoms with Crippen molar-refractivity contribution in [3.05, 3.63) is 0 Å². The molecule has 0 bridgehead atoms. The molecular formula is C17H34O3. The average molecular weight is 286 g/mol. The van der Waals surface area contributed by atoms with Crippen LogP contribution < -0.4 is 0 Å². The lowest BCUT2D eigenvalue weighted by Gasteiger charge is -2.22. The van der Waals surface area contributed by atoms with Crippen molar-refractivity contribution < 1.29 is 14.3 Å². The molecule has 20 heavy (non-hydrogen) atoms. The Morgan fingerprint density at radius 3 is 2.00 bits per heavy atom. The van der Waals surface area contributed by atoms with Gasteiger partial charge in [0.1, 0.15) is 6.10 Å². The van der Waals surface area contributed by atoms with E-state index >= 15 is 0 Å². The van der Waals surface area contributed by atoms with Gasteiger partial charge in [0.2, 0.25) is 0 Å². The quantitative estimate of drug-likeness (QED) is 0.358. The standard InChI is InChI=1S/C17H34O3/c1-5-7-8-9-10-11-12-13-14-19-17(6-2)15(3)20-16(4)18/h15,17H,5-14H2,1-4H3. The second kappa shape index (κ2) is 13.4. The lowest BCUT2D eigenvalue weighted by molar-refractivity contribution is -0.153. The number of esters is 1. The molecule has 2 unspecified atom stereocenters. The number of rotatable bonds is 13. The average Bonchev–Trinajstić information content (AvgIpc) is 2.40. The molecule has 0 amide bonds. The summed E-state index contributed by atoms with van der Waals surface area (Å²) >= 11 is 0. The summed E-state index contributed by atoms with van der Waals surface area (Å²) in [5.74, 6) is -0.230. The summed E-state index contributed by atoms with van der Waals surface area (Å²) < 4.78 is 11.0. The van der Waals surface area contributed by atoms with Crippen molar-refractivity contribution in [2.45, 2.75) is 97.7 Å². The summed E-state index contributed by atoms with van der Waals surface area (Å²) in [7, 11) is 0. The molecule has 0 rings (SSSR count). The first-order valence-electron chi connectivity index (χ1n) is 8.40. The van der Waals surface area contributed by atoms with E-state index in [-0.39, 0.29) is 18.2 Å². The largest absolute Gasteiger partial charge is 0.460 e. The zero-order chi connectivity index (χ0) is 15.2. The Kier molecular flexibility index (Phi) is 13.0. The van der Waals surface area contributed by atoms with Gasteiger partial charge < -0.3 is 9.47 Å². The smallest absolute Gasteiger partial charge is 0.302 e. The number of unbranched alkanes of at least 4 members (excludes halogenated alkanes) is 7. The highest BCUT2D eigenvalue weighted by Crippen LogP contribution is 2.11. The Labute approximate surface area is 125 Å². The third kappa shape index (κ3) is 11.3. The summed E-state index contributed by atoms with van der Waals surface area (Å²) in [6.45, 7) is 8.45. The fourth-order valence-electron chi connectivity index (χ4n) is 2.39. The molecular weight excluding hydrogens is 252 g/mol. The molecule has 0 aliphatic heterocycles. The minimum absolute atomic E-state index is 0.0310. The van der Waals surface area contributed by atoms with Crippen LogP contribution in [0.25, 0.3) is 0 Å². The number of carbonyl (C=O) groups excluding carboxylic acids is 1. The van der Waals surface area contributed by atoms with Crippen LogP contribution >= 0.6 is 0 Å². The van der Waals surface area contributed by atoms with Gasteiger partial charge in [-0.05, 0) is 19.8 Å². The van der Waals surface area contributed by atoms with Crippen LogP contribution in [0.15, 0.2) is 0 Å². The summed E-state index contributed by atoms with van der Waals surface area (Å²) in [6.07, 6.45) is 11.2. The van der Waals surface area contributed by atoms with Crippen LogP contribution in [0.5, 0.6) is 0 Å². The van der Waals surface area contributed by atoms with Gasteiger partial charge in [0.15, 0.2) is 0 Å². The van der Waals surface area contributed by atoms with Gasteiger partial charge in [-0.15, -0.1) is 0 Å². The fourth-order valence-corrected chi connectivity index (χ4v) is 2.39. The lowest BCUT2D eigenvalue weighted by Crippen LogP contribution is -2.30. The van der Waals surface area contributed by atoms with Crippen LogP contribution in [0.2, 0.25) is 0 Å². The van der Waals surface area contributed by atoms with Crippen molar-refractivity contribution in [2.24, 2.45) is 0 Å². The molecule has 3 heteroatoms. The normalized spacial score (nSPS) is 14.0. The van der Waals surface area contributed by atoms with Gasteiger partial charge in [-0.3, -0.25) is 4.79 Å². The van der Waals surface area contributed by atoms with Gasteiger partial charge in [0, 0.05) is 13.5 Å². The van der Waals surface area contributed by atoms with Crippen LogP contribution in [0.3, 0.4) is 0 Å². The van der Waals surface area contributed by atoms with E-state index < -0.39 is 0 Å². The first-order chi connectivity index (χ1) is 9.61. The molecule has 0 aromatic rings. The minimum Gasteiger partial charge on any atom is -0.460 e. The Balaban J connectivity index is 3.49. The molecule has 0 aliphatic rings. The van der Waals surface area contributed by atoms with E-state index in [1.165, 1.54) is 51.9 Å². The summed E-state index contributed by atoms with van der Waals surface area (Å²) in [5.41, 5.74) is 0. The van der Waals surface area contributed by atoms with E-state index in [1.807, 2.05) is 6.92 Å². The maximum atomic E-state index is 10.9. The van der Waals surface area contributed by atoms with E-state index in [9.17, 15) is 4.79 Å². The fraction of sp³-hybridized carbons (Fsp3) is 0.941. The third-order valence-corrected chi connectivity index (χ3v) is 3.61. The monoisotopic (exact) mass is 286 g/mol. The number of hydrogen-bond acceptors (Lipinski definition) is 3. The SMILES string of the molecule is CCCCCCCCCCOC(CC)C(C)OC(C)=O. The van der Waals surface area contributed by atoms with Gasteiger partial charge in [0.25, 0.3) is 0 Å². The van der Waals surface area contributed by atoms with Crippen molar-refractivity contribution in [3.63, 3.8) is 0 Å². The summed E-state index contributed by atoms with van der Waals surface area (Å²) in [6, 6.07) is 0. The van der Waals surface area contributed by atoms with E-state index in [0.717, 1.165) is 19.4 Å². The van der Waals surface area contributed by atoms with Gasteiger partial charge in [-0.2, -0.15) is 0 Å². The van der Waals surface area contributed by atoms with Crippen molar-refractivity contribution >= 4 is 5.97 Å². The summed E-state index contributed by atoms with van der Waals surface area (Å²) in [5, 5.41) is 0. The maximum Gasteiger partial charge on any atom is 0.302 e. The van der Waals surface area contributed by atoms with Crippen LogP contribution in [0, 0.1) is 0 Å². The van der Waals surface area contributed by atoms with E-state index in [0.29, 0.717) is 0 Å². The minimum atomic E-state index is -0.230. The molecule has 0 saturated heterocycles. The van der Waals surface area contributed by atoms with E-state index in [1.54, 1.807) is 0 Å². The van der Waals surface area contributed by atoms with Crippen molar-refractivity contribution in [3.8, 4) is 0 Å². The Morgan fingerprint density at radius 1 is 0.950 bits per heavy atom. The zero-order valence-electron chi connectivity index (χ0n) is 14.0. The van der Waals surface area contributed by atoms with Crippen molar-refractivity contribution in [1.29, 1.82) is 0 Å². The third-order valence-electron chi connectivity index (χ3n) is 3.61. The van der Waals surface area contributed by atoms with Gasteiger partial charge >= 0.3 is 5.97 Å². The van der Waals surface area contributed by atoms with E-state index in [2.05, 4.69) is 13.8 Å². The molecule has 120 valence electrons. The molecule has 0 aromatic carbocycles. The lowest BCUT2D eigenvalue weighted by atomic mass is 10.1. The molecule has 0 fully saturated rings. The van der Waals surface area contributed by atoms with Crippen LogP contribution in [0.1, 0.15) is 85.5 Å². The predicted octanol–water partition coefficient (Wildman–Crippen LogP) is 4.87. The number of ether oxygens (including phenoxy) is 2. The molecule has 2 atom stereocenters. The van der Waals surface area contributed by atoms with E-state index in [4.69, 9.17) is 9.47 Å². The second-order valence-electron chi connectivity index (χ2n) is 5.61. The Bertz CT molecular complexity index is 228. The number of carbonyl (C=O) groups is 1. The molecule has 0 heterocycles. The molecule has 0 aromatic heterocycles. The van der Waals surface area contributed by atoms with Crippen LogP contribution in [0.4, 0.5) is 0 Å². The van der Waals surface area contributed by atoms with Gasteiger partial charge in [0.05, 0.1) is 6.10 Å². The first-order valence-corrected chi connectivity index (χ1v) is 8.40. The summed E-state index contributed by atoms with van der Waals surface area (Å²) in [4.78, 5) is 10.9. The first kappa shape index (κ1) is 19.4. The topological polar surface area (TPSA) is 35.5 Å². The molecule has 3 nitrogen and oxygen atoms in total. The van der Waals surface area contributed by atoms with Gasteiger partial charge in [-0.25, -0.2) is 0 Å². The highest BCUT2D eigenvalue weighted by atomic mass is 16.6. The van der Waals surface area contributed by atoms with Crippen LogP contribution in [-0.4, -0.2) is 24.8 Å². The zero-order valence-corrected chi connectivity index (χ0v) is 14.0. The molecule has 0 N–H and O–H groups in total. The van der Waals surface area contributed by atoms with Crippen molar-refractivity contribution in [2.75, 3.05) is 6.61 Å². The molecule has 0 spiro atoms. The second-order valence-corrected chi connectivity index (χ2v) is 5.61. The number of hydrogen-bond donors (Lipinski definition) is 0. The molecule has 0 radical (unpaired) electrons. The maximum absolute atomic E-state index is 10.9. The van der Waals surface area contributed by atoms with Crippen molar-refractivity contribution in [1.82, 2.24) is 0 Å². The van der Waals surface area contributed by atoms with Gasteiger partial charge in [-0.1, -0.05) is 58.8 Å². The molecule has 0 aliphatic carbocycles. The molecule has 0 saturated carbocycles. The predicted molar refractivity (Wildman–Crippen MR) is 83.9 cm³/mol.